The van der Waals surface area contributed by atoms with Gasteiger partial charge in [0.1, 0.15) is 5.75 Å². The van der Waals surface area contributed by atoms with Crippen LogP contribution in [0.4, 0.5) is 0 Å². The summed E-state index contributed by atoms with van der Waals surface area (Å²) in [6.45, 7) is 5.77. The Morgan fingerprint density at radius 1 is 1.24 bits per heavy atom. The summed E-state index contributed by atoms with van der Waals surface area (Å²) in [6.07, 6.45) is 4.44. The molecule has 1 N–H and O–H groups in total. The van der Waals surface area contributed by atoms with Gasteiger partial charge in [0, 0.05) is 38.3 Å². The highest BCUT2D eigenvalue weighted by molar-refractivity contribution is 5.89. The van der Waals surface area contributed by atoms with Crippen LogP contribution in [0.25, 0.3) is 0 Å². The molecule has 152 valence electrons. The average Bonchev–Trinajstić information content (AvgIpc) is 3.45. The van der Waals surface area contributed by atoms with Crippen molar-refractivity contribution in [1.82, 2.24) is 15.2 Å². The fraction of sp³-hybridized carbons (Fsp3) is 0.435. The van der Waals surface area contributed by atoms with Crippen molar-refractivity contribution in [2.45, 2.75) is 39.7 Å². The molecule has 0 spiro atoms. The highest BCUT2D eigenvalue weighted by atomic mass is 16.5. The molecule has 1 saturated heterocycles. The van der Waals surface area contributed by atoms with Crippen LogP contribution in [0.5, 0.6) is 11.6 Å². The van der Waals surface area contributed by atoms with Gasteiger partial charge in [-0.2, -0.15) is 0 Å². The van der Waals surface area contributed by atoms with Gasteiger partial charge in [0.15, 0.2) is 0 Å². The first-order valence-corrected chi connectivity index (χ1v) is 10.2. The second-order valence-electron chi connectivity index (χ2n) is 8.24. The van der Waals surface area contributed by atoms with Gasteiger partial charge in [-0.15, -0.1) is 0 Å². The number of aryl methyl sites for hydroxylation is 2. The summed E-state index contributed by atoms with van der Waals surface area (Å²) in [5.74, 6) is 1.75. The Balaban J connectivity index is 1.28. The van der Waals surface area contributed by atoms with E-state index in [-0.39, 0.29) is 17.7 Å². The maximum atomic E-state index is 12.5. The number of rotatable bonds is 7. The number of nitrogens with one attached hydrogen (secondary N) is 1. The summed E-state index contributed by atoms with van der Waals surface area (Å²) in [6, 6.07) is 9.76. The molecule has 1 saturated carbocycles. The standard InChI is InChI=1S/C23H27N3O3/c1-15-3-4-16(2)20(9-15)29-21-8-7-18(11-24-21)12-25-23(28)19-10-22(27)26(14-19)13-17-5-6-17/h3-4,7-9,11,17,19H,5-6,10,12-14H2,1-2H3,(H,25,28). The van der Waals surface area contributed by atoms with E-state index in [0.29, 0.717) is 31.3 Å². The Morgan fingerprint density at radius 2 is 2.07 bits per heavy atom. The van der Waals surface area contributed by atoms with Crippen LogP contribution >= 0.6 is 0 Å². The van der Waals surface area contributed by atoms with Gasteiger partial charge in [0.2, 0.25) is 17.7 Å². The van der Waals surface area contributed by atoms with E-state index in [0.717, 1.165) is 29.0 Å². The maximum Gasteiger partial charge on any atom is 0.225 e. The number of hydrogen-bond acceptors (Lipinski definition) is 4. The quantitative estimate of drug-likeness (QED) is 0.783. The number of aromatic nitrogens is 1. The molecule has 2 amide bonds. The highest BCUT2D eigenvalue weighted by Crippen LogP contribution is 2.32. The molecule has 0 bridgehead atoms. The zero-order valence-electron chi connectivity index (χ0n) is 17.0. The van der Waals surface area contributed by atoms with Crippen molar-refractivity contribution in [3.05, 3.63) is 53.2 Å². The SMILES string of the molecule is Cc1ccc(C)c(Oc2ccc(CNC(=O)C3CC(=O)N(CC4CC4)C3)cn2)c1. The lowest BCUT2D eigenvalue weighted by atomic mass is 10.1. The van der Waals surface area contributed by atoms with Gasteiger partial charge in [0.05, 0.1) is 5.92 Å². The predicted octanol–water partition coefficient (Wildman–Crippen LogP) is 3.37. The molecule has 6 heteroatoms. The second kappa shape index (κ2) is 8.23. The number of nitrogens with zero attached hydrogens (tertiary/aromatic N) is 2. The summed E-state index contributed by atoms with van der Waals surface area (Å²) in [5, 5.41) is 2.94. The smallest absolute Gasteiger partial charge is 0.225 e. The van der Waals surface area contributed by atoms with Crippen LogP contribution in [0, 0.1) is 25.7 Å². The fourth-order valence-corrected chi connectivity index (χ4v) is 3.58. The molecule has 2 aliphatic rings. The van der Waals surface area contributed by atoms with E-state index in [1.54, 1.807) is 12.3 Å². The Hall–Kier alpha value is -2.89. The molecule has 0 radical (unpaired) electrons. The molecule has 1 aromatic carbocycles. The van der Waals surface area contributed by atoms with Crippen LogP contribution < -0.4 is 10.1 Å². The Morgan fingerprint density at radius 3 is 2.79 bits per heavy atom. The van der Waals surface area contributed by atoms with E-state index in [2.05, 4.69) is 10.3 Å². The van der Waals surface area contributed by atoms with Gasteiger partial charge < -0.3 is 15.0 Å². The van der Waals surface area contributed by atoms with Crippen LogP contribution in [-0.2, 0) is 16.1 Å². The van der Waals surface area contributed by atoms with E-state index in [1.165, 1.54) is 12.8 Å². The zero-order valence-corrected chi connectivity index (χ0v) is 17.0. The van der Waals surface area contributed by atoms with E-state index in [4.69, 9.17) is 4.74 Å². The minimum atomic E-state index is -0.249. The average molecular weight is 393 g/mol. The maximum absolute atomic E-state index is 12.5. The van der Waals surface area contributed by atoms with Crippen molar-refractivity contribution < 1.29 is 14.3 Å². The molecule has 2 fully saturated rings. The summed E-state index contributed by atoms with van der Waals surface area (Å²) in [7, 11) is 0. The topological polar surface area (TPSA) is 71.5 Å². The monoisotopic (exact) mass is 393 g/mol. The number of pyridine rings is 1. The fourth-order valence-electron chi connectivity index (χ4n) is 3.58. The van der Waals surface area contributed by atoms with Crippen molar-refractivity contribution in [1.29, 1.82) is 0 Å². The van der Waals surface area contributed by atoms with E-state index < -0.39 is 0 Å². The molecule has 4 rings (SSSR count). The third kappa shape index (κ3) is 4.94. The predicted molar refractivity (Wildman–Crippen MR) is 109 cm³/mol. The van der Waals surface area contributed by atoms with Crippen molar-refractivity contribution in [2.24, 2.45) is 11.8 Å². The van der Waals surface area contributed by atoms with Gasteiger partial charge in [-0.05, 0) is 55.4 Å². The minimum absolute atomic E-state index is 0.0626. The molecule has 29 heavy (non-hydrogen) atoms. The van der Waals surface area contributed by atoms with Crippen LogP contribution in [0.15, 0.2) is 36.5 Å². The number of carbonyl (C=O) groups excluding carboxylic acids is 2. The van der Waals surface area contributed by atoms with Gasteiger partial charge in [-0.3, -0.25) is 9.59 Å². The van der Waals surface area contributed by atoms with Gasteiger partial charge in [-0.1, -0.05) is 18.2 Å². The number of ether oxygens (including phenoxy) is 1. The lowest BCUT2D eigenvalue weighted by Crippen LogP contribution is -2.33. The van der Waals surface area contributed by atoms with Gasteiger partial charge >= 0.3 is 0 Å². The number of benzene rings is 1. The minimum Gasteiger partial charge on any atom is -0.439 e. The molecule has 1 unspecified atom stereocenters. The Bertz CT molecular complexity index is 906. The van der Waals surface area contributed by atoms with Crippen molar-refractivity contribution in [3.63, 3.8) is 0 Å². The number of carbonyl (C=O) groups is 2. The first kappa shape index (κ1) is 19.4. The molecule has 2 aromatic rings. The number of likely N-dealkylation sites (tertiary alicyclic amines) is 1. The molecule has 2 heterocycles. The third-order valence-electron chi connectivity index (χ3n) is 5.58. The lowest BCUT2D eigenvalue weighted by Gasteiger charge is -2.16. The molecule has 1 aromatic heterocycles. The molecule has 1 aliphatic heterocycles. The lowest BCUT2D eigenvalue weighted by molar-refractivity contribution is -0.129. The van der Waals surface area contributed by atoms with Crippen molar-refractivity contribution in [2.75, 3.05) is 13.1 Å². The summed E-state index contributed by atoms with van der Waals surface area (Å²) in [4.78, 5) is 30.7. The largest absolute Gasteiger partial charge is 0.439 e. The van der Waals surface area contributed by atoms with Crippen LogP contribution in [0.3, 0.4) is 0 Å². The third-order valence-corrected chi connectivity index (χ3v) is 5.58. The number of hydrogen-bond donors (Lipinski definition) is 1. The number of amides is 2. The molecular formula is C23H27N3O3. The molecule has 1 aliphatic carbocycles. The summed E-state index contributed by atoms with van der Waals surface area (Å²) >= 11 is 0. The zero-order chi connectivity index (χ0) is 20.4. The Labute approximate surface area is 171 Å². The first-order valence-electron chi connectivity index (χ1n) is 10.2. The van der Waals surface area contributed by atoms with Crippen molar-refractivity contribution >= 4 is 11.8 Å². The van der Waals surface area contributed by atoms with Crippen LogP contribution in [-0.4, -0.2) is 34.8 Å². The van der Waals surface area contributed by atoms with Crippen molar-refractivity contribution in [3.8, 4) is 11.6 Å². The second-order valence-corrected chi connectivity index (χ2v) is 8.24. The van der Waals surface area contributed by atoms with E-state index in [9.17, 15) is 9.59 Å². The molecular weight excluding hydrogens is 366 g/mol. The van der Waals surface area contributed by atoms with Gasteiger partial charge in [0.25, 0.3) is 0 Å². The summed E-state index contributed by atoms with van der Waals surface area (Å²) < 4.78 is 5.87. The van der Waals surface area contributed by atoms with Crippen LogP contribution in [0.1, 0.15) is 36.0 Å². The van der Waals surface area contributed by atoms with Gasteiger partial charge in [-0.25, -0.2) is 4.98 Å². The summed E-state index contributed by atoms with van der Waals surface area (Å²) in [5.41, 5.74) is 3.08. The van der Waals surface area contributed by atoms with Crippen LogP contribution in [0.2, 0.25) is 0 Å². The Kier molecular flexibility index (Phi) is 5.51. The van der Waals surface area contributed by atoms with E-state index in [1.807, 2.05) is 43.0 Å². The first-order chi connectivity index (χ1) is 14.0. The highest BCUT2D eigenvalue weighted by Gasteiger charge is 2.36. The molecule has 6 nitrogen and oxygen atoms in total. The van der Waals surface area contributed by atoms with E-state index >= 15 is 0 Å². The normalized spacial score (nSPS) is 18.8. The molecule has 1 atom stereocenters.